The molecule has 0 atom stereocenters. The van der Waals surface area contributed by atoms with E-state index in [1.54, 1.807) is 0 Å². The number of halogens is 3. The van der Waals surface area contributed by atoms with Gasteiger partial charge in [0.15, 0.2) is 0 Å². The van der Waals surface area contributed by atoms with Gasteiger partial charge in [-0.3, -0.25) is 9.78 Å². The largest absolute Gasteiger partial charge is 0.348 e. The summed E-state index contributed by atoms with van der Waals surface area (Å²) < 4.78 is 26.1. The van der Waals surface area contributed by atoms with Gasteiger partial charge in [-0.1, -0.05) is 17.7 Å². The topological polar surface area (TPSA) is 42.0 Å². The Hall–Kier alpha value is -2.01. The van der Waals surface area contributed by atoms with Crippen LogP contribution in [0.5, 0.6) is 0 Å². The second-order valence-electron chi connectivity index (χ2n) is 3.77. The molecule has 2 rings (SSSR count). The van der Waals surface area contributed by atoms with Gasteiger partial charge in [-0.2, -0.15) is 0 Å². The van der Waals surface area contributed by atoms with Crippen LogP contribution in [0.1, 0.15) is 15.9 Å². The molecular weight excluding hydrogens is 274 g/mol. The summed E-state index contributed by atoms with van der Waals surface area (Å²) in [5.41, 5.74) is 0.390. The molecule has 0 unspecified atom stereocenters. The number of carbonyl (C=O) groups is 1. The van der Waals surface area contributed by atoms with Gasteiger partial charge in [0.1, 0.15) is 11.6 Å². The Kier molecular flexibility index (Phi) is 4.06. The maximum atomic E-state index is 13.4. The minimum absolute atomic E-state index is 0.0594. The van der Waals surface area contributed by atoms with E-state index < -0.39 is 17.5 Å². The van der Waals surface area contributed by atoms with Gasteiger partial charge in [0.2, 0.25) is 0 Å². The number of carbonyl (C=O) groups excluding carboxylic acids is 1. The zero-order valence-electron chi connectivity index (χ0n) is 9.66. The highest BCUT2D eigenvalue weighted by Gasteiger charge is 2.11. The van der Waals surface area contributed by atoms with Crippen molar-refractivity contribution in [1.82, 2.24) is 10.3 Å². The fourth-order valence-corrected chi connectivity index (χ4v) is 1.67. The van der Waals surface area contributed by atoms with E-state index in [4.69, 9.17) is 11.6 Å². The number of hydrogen-bond acceptors (Lipinski definition) is 2. The number of hydrogen-bond donors (Lipinski definition) is 1. The standard InChI is InChI=1S/C13H9ClF2N2O/c14-11-3-4-17-7-10(11)13(19)18-6-8-1-2-9(15)5-12(8)16/h1-5,7H,6H2,(H,18,19). The van der Waals surface area contributed by atoms with Crippen molar-refractivity contribution < 1.29 is 13.6 Å². The lowest BCUT2D eigenvalue weighted by Crippen LogP contribution is -2.23. The van der Waals surface area contributed by atoms with E-state index >= 15 is 0 Å². The maximum Gasteiger partial charge on any atom is 0.254 e. The molecule has 2 aromatic rings. The average Bonchev–Trinajstić information content (AvgIpc) is 2.38. The van der Waals surface area contributed by atoms with E-state index in [1.165, 1.54) is 24.5 Å². The highest BCUT2D eigenvalue weighted by Crippen LogP contribution is 2.14. The third-order valence-electron chi connectivity index (χ3n) is 2.47. The lowest BCUT2D eigenvalue weighted by molar-refractivity contribution is 0.0950. The van der Waals surface area contributed by atoms with Gasteiger partial charge < -0.3 is 5.32 Å². The van der Waals surface area contributed by atoms with Crippen molar-refractivity contribution in [3.63, 3.8) is 0 Å². The van der Waals surface area contributed by atoms with Crippen molar-refractivity contribution in [2.24, 2.45) is 0 Å². The van der Waals surface area contributed by atoms with Crippen LogP contribution in [0.2, 0.25) is 5.02 Å². The Morgan fingerprint density at radius 2 is 2.11 bits per heavy atom. The van der Waals surface area contributed by atoms with E-state index in [2.05, 4.69) is 10.3 Å². The molecule has 1 heterocycles. The van der Waals surface area contributed by atoms with Crippen LogP contribution < -0.4 is 5.32 Å². The minimum atomic E-state index is -0.711. The Balaban J connectivity index is 2.07. The van der Waals surface area contributed by atoms with E-state index in [0.29, 0.717) is 0 Å². The van der Waals surface area contributed by atoms with Crippen LogP contribution in [0.3, 0.4) is 0 Å². The number of nitrogens with one attached hydrogen (secondary N) is 1. The molecule has 1 aromatic carbocycles. The summed E-state index contributed by atoms with van der Waals surface area (Å²) in [4.78, 5) is 15.6. The van der Waals surface area contributed by atoms with Crippen LogP contribution in [0.25, 0.3) is 0 Å². The molecule has 0 bridgehead atoms. The van der Waals surface area contributed by atoms with Crippen molar-refractivity contribution >= 4 is 17.5 Å². The molecule has 6 heteroatoms. The lowest BCUT2D eigenvalue weighted by Gasteiger charge is -2.07. The van der Waals surface area contributed by atoms with Gasteiger partial charge in [-0.05, 0) is 12.1 Å². The molecular formula is C13H9ClF2N2O. The van der Waals surface area contributed by atoms with E-state index in [1.807, 2.05) is 0 Å². The molecule has 0 spiro atoms. The number of aromatic nitrogens is 1. The fraction of sp³-hybridized carbons (Fsp3) is 0.0769. The van der Waals surface area contributed by atoms with Gasteiger partial charge >= 0.3 is 0 Å². The van der Waals surface area contributed by atoms with Crippen LogP contribution in [0.15, 0.2) is 36.7 Å². The van der Waals surface area contributed by atoms with Crippen molar-refractivity contribution in [1.29, 1.82) is 0 Å². The molecule has 0 radical (unpaired) electrons. The average molecular weight is 283 g/mol. The number of rotatable bonds is 3. The molecule has 0 fully saturated rings. The predicted molar refractivity (Wildman–Crippen MR) is 66.8 cm³/mol. The molecule has 1 N–H and O–H groups in total. The molecule has 0 saturated carbocycles. The Morgan fingerprint density at radius 3 is 2.79 bits per heavy atom. The first-order valence-electron chi connectivity index (χ1n) is 5.39. The zero-order valence-corrected chi connectivity index (χ0v) is 10.4. The molecule has 0 aliphatic heterocycles. The highest BCUT2D eigenvalue weighted by molar-refractivity contribution is 6.33. The van der Waals surface area contributed by atoms with Gasteiger partial charge in [0.05, 0.1) is 10.6 Å². The Labute approximate surface area is 113 Å². The molecule has 1 amide bonds. The Bertz CT molecular complexity index is 619. The summed E-state index contributed by atoms with van der Waals surface area (Å²) in [6.45, 7) is -0.0594. The molecule has 98 valence electrons. The van der Waals surface area contributed by atoms with Crippen molar-refractivity contribution in [2.45, 2.75) is 6.54 Å². The second-order valence-corrected chi connectivity index (χ2v) is 4.18. The number of pyridine rings is 1. The molecule has 0 aliphatic carbocycles. The summed E-state index contributed by atoms with van der Waals surface area (Å²) in [6.07, 6.45) is 2.78. The van der Waals surface area contributed by atoms with Crippen LogP contribution in [0.4, 0.5) is 8.78 Å². The van der Waals surface area contributed by atoms with Gasteiger partial charge in [-0.15, -0.1) is 0 Å². The van der Waals surface area contributed by atoms with Gasteiger partial charge in [0, 0.05) is 30.6 Å². The van der Waals surface area contributed by atoms with E-state index in [0.717, 1.165) is 12.1 Å². The summed E-state index contributed by atoms with van der Waals surface area (Å²) in [5.74, 6) is -1.85. The normalized spacial score (nSPS) is 10.3. The van der Waals surface area contributed by atoms with Crippen LogP contribution in [-0.2, 0) is 6.54 Å². The molecule has 3 nitrogen and oxygen atoms in total. The zero-order chi connectivity index (χ0) is 13.8. The molecule has 19 heavy (non-hydrogen) atoms. The summed E-state index contributed by atoms with van der Waals surface area (Å²) in [5, 5.41) is 2.75. The first kappa shape index (κ1) is 13.4. The third-order valence-corrected chi connectivity index (χ3v) is 2.80. The molecule has 0 aliphatic rings. The van der Waals surface area contributed by atoms with Crippen LogP contribution in [-0.4, -0.2) is 10.9 Å². The van der Waals surface area contributed by atoms with Crippen molar-refractivity contribution in [2.75, 3.05) is 0 Å². The number of benzene rings is 1. The van der Waals surface area contributed by atoms with Gasteiger partial charge in [0.25, 0.3) is 5.91 Å². The monoisotopic (exact) mass is 282 g/mol. The first-order chi connectivity index (χ1) is 9.08. The molecule has 1 aromatic heterocycles. The fourth-order valence-electron chi connectivity index (χ4n) is 1.48. The quantitative estimate of drug-likeness (QED) is 0.940. The SMILES string of the molecule is O=C(NCc1ccc(F)cc1F)c1cnccc1Cl. The summed E-state index contributed by atoms with van der Waals surface area (Å²) >= 11 is 5.83. The maximum absolute atomic E-state index is 13.4. The lowest BCUT2D eigenvalue weighted by atomic mass is 10.2. The smallest absolute Gasteiger partial charge is 0.254 e. The molecule has 0 saturated heterocycles. The number of nitrogens with zero attached hydrogens (tertiary/aromatic N) is 1. The van der Waals surface area contributed by atoms with Crippen LogP contribution in [0, 0.1) is 11.6 Å². The minimum Gasteiger partial charge on any atom is -0.348 e. The van der Waals surface area contributed by atoms with Crippen molar-refractivity contribution in [3.8, 4) is 0 Å². The van der Waals surface area contributed by atoms with Gasteiger partial charge in [-0.25, -0.2) is 8.78 Å². The predicted octanol–water partition coefficient (Wildman–Crippen LogP) is 2.94. The van der Waals surface area contributed by atoms with Crippen LogP contribution >= 0.6 is 11.6 Å². The van der Waals surface area contributed by atoms with E-state index in [9.17, 15) is 13.6 Å². The third kappa shape index (κ3) is 3.26. The van der Waals surface area contributed by atoms with Crippen molar-refractivity contribution in [3.05, 3.63) is 64.4 Å². The highest BCUT2D eigenvalue weighted by atomic mass is 35.5. The number of amides is 1. The second kappa shape index (κ2) is 5.75. The first-order valence-corrected chi connectivity index (χ1v) is 5.77. The summed E-state index contributed by atoms with van der Waals surface area (Å²) in [7, 11) is 0. The van der Waals surface area contributed by atoms with E-state index in [-0.39, 0.29) is 22.7 Å². The Morgan fingerprint density at radius 1 is 1.32 bits per heavy atom. The summed E-state index contributed by atoms with van der Waals surface area (Å²) in [6, 6.07) is 4.64.